The number of hydrogen-bond donors (Lipinski definition) is 2. The summed E-state index contributed by atoms with van der Waals surface area (Å²) in [4.78, 5) is 11.1. The molecule has 5 heteroatoms. The van der Waals surface area contributed by atoms with Crippen LogP contribution in [-0.4, -0.2) is 30.4 Å². The van der Waals surface area contributed by atoms with E-state index in [4.69, 9.17) is 20.3 Å². The fraction of sp³-hybridized carbons (Fsp3) is 0.500. The van der Waals surface area contributed by atoms with Gasteiger partial charge < -0.3 is 20.3 Å². The van der Waals surface area contributed by atoms with Crippen molar-refractivity contribution in [2.45, 2.75) is 32.8 Å². The largest absolute Gasteiger partial charge is 0.493 e. The molecule has 106 valence electrons. The third-order valence-electron chi connectivity index (χ3n) is 3.12. The highest BCUT2D eigenvalue weighted by Gasteiger charge is 2.17. The van der Waals surface area contributed by atoms with Crippen molar-refractivity contribution in [3.8, 4) is 5.75 Å². The van der Waals surface area contributed by atoms with Crippen LogP contribution >= 0.6 is 0 Å². The third-order valence-corrected chi connectivity index (χ3v) is 3.12. The molecule has 3 N–H and O–H groups in total. The van der Waals surface area contributed by atoms with Crippen molar-refractivity contribution in [1.29, 1.82) is 0 Å². The van der Waals surface area contributed by atoms with Crippen LogP contribution in [0.25, 0.3) is 0 Å². The summed E-state index contributed by atoms with van der Waals surface area (Å²) in [5, 5.41) is 9.05. The van der Waals surface area contributed by atoms with Gasteiger partial charge in [-0.05, 0) is 38.5 Å². The van der Waals surface area contributed by atoms with Gasteiger partial charge in [0, 0.05) is 19.2 Å². The lowest BCUT2D eigenvalue weighted by atomic mass is 10.1. The van der Waals surface area contributed by atoms with Crippen molar-refractivity contribution < 1.29 is 19.4 Å². The molecule has 0 spiro atoms. The van der Waals surface area contributed by atoms with E-state index < -0.39 is 5.97 Å². The number of methoxy groups -OCH3 is 1. The van der Waals surface area contributed by atoms with E-state index in [9.17, 15) is 4.79 Å². The lowest BCUT2D eigenvalue weighted by Gasteiger charge is -2.22. The summed E-state index contributed by atoms with van der Waals surface area (Å²) in [7, 11) is 1.65. The highest BCUT2D eigenvalue weighted by Crippen LogP contribution is 2.25. The molecule has 0 saturated carbocycles. The summed E-state index contributed by atoms with van der Waals surface area (Å²) in [6.07, 6.45) is 0.704. The minimum Gasteiger partial charge on any atom is -0.493 e. The van der Waals surface area contributed by atoms with Gasteiger partial charge in [0.1, 0.15) is 5.75 Å². The maximum absolute atomic E-state index is 11.1. The summed E-state index contributed by atoms with van der Waals surface area (Å²) >= 11 is 0. The van der Waals surface area contributed by atoms with Gasteiger partial charge in [0.2, 0.25) is 0 Å². The summed E-state index contributed by atoms with van der Waals surface area (Å²) < 4.78 is 10.9. The number of ether oxygens (including phenoxy) is 2. The van der Waals surface area contributed by atoms with Crippen molar-refractivity contribution >= 4 is 11.7 Å². The predicted molar refractivity (Wildman–Crippen MR) is 73.8 cm³/mol. The molecule has 0 amide bonds. The number of aromatic carboxylic acids is 1. The second-order valence-electron chi connectivity index (χ2n) is 5.07. The van der Waals surface area contributed by atoms with Crippen molar-refractivity contribution in [1.82, 2.24) is 0 Å². The molecule has 0 heterocycles. The van der Waals surface area contributed by atoms with E-state index >= 15 is 0 Å². The maximum Gasteiger partial charge on any atom is 0.337 e. The van der Waals surface area contributed by atoms with Gasteiger partial charge >= 0.3 is 5.97 Å². The average Bonchev–Trinajstić information content (AvgIpc) is 2.33. The van der Waals surface area contributed by atoms with Crippen LogP contribution in [0.15, 0.2) is 12.1 Å². The van der Waals surface area contributed by atoms with Gasteiger partial charge in [0.15, 0.2) is 0 Å². The second kappa shape index (κ2) is 5.93. The number of anilines is 1. The first-order chi connectivity index (χ1) is 8.76. The first-order valence-corrected chi connectivity index (χ1v) is 6.08. The Bertz CT molecular complexity index is 469. The lowest BCUT2D eigenvalue weighted by molar-refractivity contribution is 0.00543. The zero-order chi connectivity index (χ0) is 14.6. The highest BCUT2D eigenvalue weighted by molar-refractivity contribution is 5.95. The number of carboxylic acids is 1. The van der Waals surface area contributed by atoms with Crippen LogP contribution in [0.2, 0.25) is 0 Å². The number of nitrogen functional groups attached to an aromatic ring is 1. The number of carbonyl (C=O) groups is 1. The van der Waals surface area contributed by atoms with Crippen LogP contribution in [-0.2, 0) is 4.74 Å². The molecule has 0 aliphatic heterocycles. The lowest BCUT2D eigenvalue weighted by Crippen LogP contribution is -2.25. The Hall–Kier alpha value is -1.75. The Morgan fingerprint density at radius 2 is 2.05 bits per heavy atom. The smallest absolute Gasteiger partial charge is 0.337 e. The molecule has 0 saturated heterocycles. The van der Waals surface area contributed by atoms with Gasteiger partial charge in [-0.2, -0.15) is 0 Å². The Balaban J connectivity index is 2.78. The summed E-state index contributed by atoms with van der Waals surface area (Å²) in [6, 6.07) is 3.19. The first-order valence-electron chi connectivity index (χ1n) is 6.08. The van der Waals surface area contributed by atoms with Crippen LogP contribution in [0, 0.1) is 6.92 Å². The molecule has 5 nitrogen and oxygen atoms in total. The van der Waals surface area contributed by atoms with Gasteiger partial charge in [-0.15, -0.1) is 0 Å². The van der Waals surface area contributed by atoms with Crippen LogP contribution < -0.4 is 10.5 Å². The molecule has 1 aromatic carbocycles. The van der Waals surface area contributed by atoms with E-state index in [1.807, 2.05) is 13.8 Å². The molecule has 0 unspecified atom stereocenters. The quantitative estimate of drug-likeness (QED) is 0.774. The van der Waals surface area contributed by atoms with E-state index in [0.717, 1.165) is 0 Å². The molecule has 0 bridgehead atoms. The molecule has 0 radical (unpaired) electrons. The van der Waals surface area contributed by atoms with Crippen molar-refractivity contribution in [2.24, 2.45) is 0 Å². The molecular formula is C14H21NO4. The molecule has 19 heavy (non-hydrogen) atoms. The fourth-order valence-corrected chi connectivity index (χ4v) is 1.54. The van der Waals surface area contributed by atoms with Crippen molar-refractivity contribution in [3.63, 3.8) is 0 Å². The molecule has 1 aromatic rings. The zero-order valence-electron chi connectivity index (χ0n) is 11.8. The van der Waals surface area contributed by atoms with Gasteiger partial charge in [-0.1, -0.05) is 0 Å². The second-order valence-corrected chi connectivity index (χ2v) is 5.07. The Kier molecular flexibility index (Phi) is 4.78. The number of benzene rings is 1. The molecular weight excluding hydrogens is 246 g/mol. The molecule has 0 aliphatic carbocycles. The topological polar surface area (TPSA) is 81.8 Å². The normalized spacial score (nSPS) is 11.4. The Labute approximate surface area is 113 Å². The first kappa shape index (κ1) is 15.3. The highest BCUT2D eigenvalue weighted by atomic mass is 16.5. The summed E-state index contributed by atoms with van der Waals surface area (Å²) in [5.74, 6) is -0.542. The third kappa shape index (κ3) is 4.13. The minimum atomic E-state index is -1.05. The van der Waals surface area contributed by atoms with Crippen molar-refractivity contribution in [3.05, 3.63) is 23.3 Å². The average molecular weight is 267 g/mol. The summed E-state index contributed by atoms with van der Waals surface area (Å²) in [5.41, 5.74) is 6.49. The van der Waals surface area contributed by atoms with Gasteiger partial charge in [-0.3, -0.25) is 0 Å². The molecule has 1 rings (SSSR count). The monoisotopic (exact) mass is 267 g/mol. The molecule has 0 aromatic heterocycles. The Morgan fingerprint density at radius 3 is 2.58 bits per heavy atom. The molecule has 0 atom stereocenters. The van der Waals surface area contributed by atoms with Crippen LogP contribution in [0.1, 0.15) is 36.2 Å². The number of aryl methyl sites for hydroxylation is 1. The Morgan fingerprint density at radius 1 is 1.42 bits per heavy atom. The fourth-order valence-electron chi connectivity index (χ4n) is 1.54. The standard InChI is InChI=1S/C14H21NO4/c1-9-7-10(8-11(12(9)15)13(16)17)19-6-5-14(2,3)18-4/h7-8H,5-6,15H2,1-4H3,(H,16,17). The van der Waals surface area contributed by atoms with E-state index in [1.165, 1.54) is 6.07 Å². The number of rotatable bonds is 6. The number of nitrogens with two attached hydrogens (primary N) is 1. The van der Waals surface area contributed by atoms with Crippen LogP contribution in [0.5, 0.6) is 5.75 Å². The van der Waals surface area contributed by atoms with Crippen LogP contribution in [0.3, 0.4) is 0 Å². The maximum atomic E-state index is 11.1. The van der Waals surface area contributed by atoms with Gasteiger partial charge in [0.05, 0.1) is 17.8 Å². The summed E-state index contributed by atoms with van der Waals surface area (Å²) in [6.45, 7) is 6.14. The van der Waals surface area contributed by atoms with Crippen molar-refractivity contribution in [2.75, 3.05) is 19.5 Å². The predicted octanol–water partition coefficient (Wildman–Crippen LogP) is 2.47. The SMILES string of the molecule is COC(C)(C)CCOc1cc(C)c(N)c(C(=O)O)c1. The molecule has 0 fully saturated rings. The van der Waals surface area contributed by atoms with E-state index in [2.05, 4.69) is 0 Å². The minimum absolute atomic E-state index is 0.0704. The van der Waals surface area contributed by atoms with Gasteiger partial charge in [0.25, 0.3) is 0 Å². The van der Waals surface area contributed by atoms with Crippen LogP contribution in [0.4, 0.5) is 5.69 Å². The zero-order valence-corrected chi connectivity index (χ0v) is 11.8. The molecule has 0 aliphatic rings. The van der Waals surface area contributed by atoms with E-state index in [0.29, 0.717) is 24.3 Å². The number of hydrogen-bond acceptors (Lipinski definition) is 4. The number of carboxylic acid groups (broad SMARTS) is 1. The van der Waals surface area contributed by atoms with E-state index in [-0.39, 0.29) is 16.9 Å². The van der Waals surface area contributed by atoms with E-state index in [1.54, 1.807) is 20.1 Å². The van der Waals surface area contributed by atoms with Gasteiger partial charge in [-0.25, -0.2) is 4.79 Å².